The van der Waals surface area contributed by atoms with Gasteiger partial charge >= 0.3 is 0 Å². The Morgan fingerprint density at radius 2 is 2.21 bits per heavy atom. The summed E-state index contributed by atoms with van der Waals surface area (Å²) in [4.78, 5) is 10.5. The highest BCUT2D eigenvalue weighted by molar-refractivity contribution is 5.39. The Morgan fingerprint density at radius 1 is 1.42 bits per heavy atom. The van der Waals surface area contributed by atoms with Crippen LogP contribution in [-0.2, 0) is 13.0 Å². The molecule has 1 aromatic carbocycles. The molecule has 19 heavy (non-hydrogen) atoms. The number of nitrogens with zero attached hydrogens (tertiary/aromatic N) is 3. The zero-order valence-electron chi connectivity index (χ0n) is 10.7. The van der Waals surface area contributed by atoms with Crippen molar-refractivity contribution in [3.63, 3.8) is 0 Å². The maximum atomic E-state index is 10.8. The number of ether oxygens (including phenoxy) is 1. The van der Waals surface area contributed by atoms with E-state index in [1.165, 1.54) is 6.07 Å². The van der Waals surface area contributed by atoms with Crippen LogP contribution in [0.3, 0.4) is 0 Å². The molecule has 0 fully saturated rings. The lowest BCUT2D eigenvalue weighted by Crippen LogP contribution is -2.03. The number of aryl methyl sites for hydroxylation is 1. The lowest BCUT2D eigenvalue weighted by Gasteiger charge is -2.04. The molecule has 0 aliphatic carbocycles. The van der Waals surface area contributed by atoms with E-state index in [-0.39, 0.29) is 10.6 Å². The van der Waals surface area contributed by atoms with Crippen LogP contribution >= 0.6 is 0 Å². The Hall–Kier alpha value is -2.37. The van der Waals surface area contributed by atoms with E-state index in [1.807, 2.05) is 6.92 Å². The molecule has 0 N–H and O–H groups in total. The number of nitro benzene ring substituents is 1. The van der Waals surface area contributed by atoms with E-state index in [9.17, 15) is 10.1 Å². The average Bonchev–Trinajstić information content (AvgIpc) is 2.87. The highest BCUT2D eigenvalue weighted by atomic mass is 16.6. The fraction of sp³-hybridized carbons (Fsp3) is 0.308. The summed E-state index contributed by atoms with van der Waals surface area (Å²) in [6, 6.07) is 6.70. The first-order valence-corrected chi connectivity index (χ1v) is 6.08. The van der Waals surface area contributed by atoms with Crippen molar-refractivity contribution in [2.75, 3.05) is 6.61 Å². The summed E-state index contributed by atoms with van der Waals surface area (Å²) >= 11 is 0. The molecule has 0 radical (unpaired) electrons. The maximum Gasteiger partial charge on any atom is 0.272 e. The van der Waals surface area contributed by atoms with Crippen molar-refractivity contribution < 1.29 is 9.66 Å². The standard InChI is InChI=1S/C13H15N3O3/c1-2-15-10-12(9-14-15)19-8-7-11-5-3-4-6-13(11)16(17)18/h3-6,9-10H,2,7-8H2,1H3. The number of aromatic nitrogens is 2. The van der Waals surface area contributed by atoms with Crippen molar-refractivity contribution in [2.45, 2.75) is 19.9 Å². The first kappa shape index (κ1) is 13.1. The molecule has 2 rings (SSSR count). The molecule has 0 amide bonds. The monoisotopic (exact) mass is 261 g/mol. The summed E-state index contributed by atoms with van der Waals surface area (Å²) in [6.45, 7) is 3.16. The van der Waals surface area contributed by atoms with Crippen LogP contribution in [0.2, 0.25) is 0 Å². The van der Waals surface area contributed by atoms with Crippen molar-refractivity contribution in [1.29, 1.82) is 0 Å². The molecule has 1 heterocycles. The van der Waals surface area contributed by atoms with Gasteiger partial charge in [0.1, 0.15) is 0 Å². The first-order valence-electron chi connectivity index (χ1n) is 6.08. The average molecular weight is 261 g/mol. The van der Waals surface area contributed by atoms with Crippen molar-refractivity contribution in [3.05, 3.63) is 52.3 Å². The van der Waals surface area contributed by atoms with E-state index >= 15 is 0 Å². The summed E-state index contributed by atoms with van der Waals surface area (Å²) in [5, 5.41) is 14.9. The van der Waals surface area contributed by atoms with E-state index in [0.29, 0.717) is 24.3 Å². The fourth-order valence-electron chi connectivity index (χ4n) is 1.77. The molecular weight excluding hydrogens is 246 g/mol. The van der Waals surface area contributed by atoms with Crippen LogP contribution in [0.4, 0.5) is 5.69 Å². The van der Waals surface area contributed by atoms with Crippen molar-refractivity contribution in [1.82, 2.24) is 9.78 Å². The normalized spacial score (nSPS) is 10.4. The van der Waals surface area contributed by atoms with Crippen LogP contribution in [-0.4, -0.2) is 21.3 Å². The van der Waals surface area contributed by atoms with Gasteiger partial charge in [0.2, 0.25) is 0 Å². The molecule has 6 nitrogen and oxygen atoms in total. The lowest BCUT2D eigenvalue weighted by atomic mass is 10.1. The Bertz CT molecular complexity index is 566. The first-order chi connectivity index (χ1) is 9.20. The number of nitro groups is 1. The van der Waals surface area contributed by atoms with E-state index in [2.05, 4.69) is 5.10 Å². The van der Waals surface area contributed by atoms with Gasteiger partial charge in [-0.3, -0.25) is 14.8 Å². The zero-order chi connectivity index (χ0) is 13.7. The molecule has 0 atom stereocenters. The third-order valence-electron chi connectivity index (χ3n) is 2.76. The summed E-state index contributed by atoms with van der Waals surface area (Å²) in [5.74, 6) is 0.681. The number of para-hydroxylation sites is 1. The number of benzene rings is 1. The molecule has 0 bridgehead atoms. The molecule has 100 valence electrons. The quantitative estimate of drug-likeness (QED) is 0.591. The molecule has 0 unspecified atom stereocenters. The topological polar surface area (TPSA) is 70.2 Å². The van der Waals surface area contributed by atoms with Crippen LogP contribution in [0, 0.1) is 10.1 Å². The van der Waals surface area contributed by atoms with Crippen LogP contribution in [0.1, 0.15) is 12.5 Å². The number of rotatable bonds is 6. The van der Waals surface area contributed by atoms with Gasteiger partial charge in [-0.2, -0.15) is 5.10 Å². The Labute approximate surface area is 110 Å². The Balaban J connectivity index is 1.94. The second-order valence-electron chi connectivity index (χ2n) is 4.02. The molecule has 0 aliphatic heterocycles. The second kappa shape index (κ2) is 5.99. The summed E-state index contributed by atoms with van der Waals surface area (Å²) in [6.07, 6.45) is 3.94. The largest absolute Gasteiger partial charge is 0.490 e. The third-order valence-corrected chi connectivity index (χ3v) is 2.76. The lowest BCUT2D eigenvalue weighted by molar-refractivity contribution is -0.385. The van der Waals surface area contributed by atoms with Crippen molar-refractivity contribution in [3.8, 4) is 5.75 Å². The van der Waals surface area contributed by atoms with Gasteiger partial charge in [-0.05, 0) is 6.92 Å². The summed E-state index contributed by atoms with van der Waals surface area (Å²) in [7, 11) is 0. The smallest absolute Gasteiger partial charge is 0.272 e. The van der Waals surface area contributed by atoms with Gasteiger partial charge in [-0.15, -0.1) is 0 Å². The van der Waals surface area contributed by atoms with E-state index < -0.39 is 0 Å². The minimum absolute atomic E-state index is 0.135. The van der Waals surface area contributed by atoms with Gasteiger partial charge in [-0.25, -0.2) is 0 Å². The molecule has 0 saturated heterocycles. The van der Waals surface area contributed by atoms with Crippen LogP contribution < -0.4 is 4.74 Å². The second-order valence-corrected chi connectivity index (χ2v) is 4.02. The summed E-state index contributed by atoms with van der Waals surface area (Å²) in [5.41, 5.74) is 0.811. The van der Waals surface area contributed by atoms with Crippen LogP contribution in [0.15, 0.2) is 36.7 Å². The van der Waals surface area contributed by atoms with E-state index in [4.69, 9.17) is 4.74 Å². The fourth-order valence-corrected chi connectivity index (χ4v) is 1.77. The van der Waals surface area contributed by atoms with Crippen molar-refractivity contribution in [2.24, 2.45) is 0 Å². The molecule has 2 aromatic rings. The van der Waals surface area contributed by atoms with Gasteiger partial charge in [-0.1, -0.05) is 18.2 Å². The molecule has 0 aliphatic rings. The highest BCUT2D eigenvalue weighted by Crippen LogP contribution is 2.18. The maximum absolute atomic E-state index is 10.8. The van der Waals surface area contributed by atoms with E-state index in [0.717, 1.165) is 6.54 Å². The van der Waals surface area contributed by atoms with Gasteiger partial charge in [0, 0.05) is 24.6 Å². The van der Waals surface area contributed by atoms with Gasteiger partial charge < -0.3 is 4.74 Å². The SMILES string of the molecule is CCn1cc(OCCc2ccccc2[N+](=O)[O-])cn1. The number of hydrogen-bond donors (Lipinski definition) is 0. The highest BCUT2D eigenvalue weighted by Gasteiger charge is 2.11. The number of hydrogen-bond acceptors (Lipinski definition) is 4. The third kappa shape index (κ3) is 3.31. The van der Waals surface area contributed by atoms with E-state index in [1.54, 1.807) is 35.3 Å². The Morgan fingerprint density at radius 3 is 2.89 bits per heavy atom. The van der Waals surface area contributed by atoms with Crippen LogP contribution in [0.25, 0.3) is 0 Å². The van der Waals surface area contributed by atoms with Crippen LogP contribution in [0.5, 0.6) is 5.75 Å². The summed E-state index contributed by atoms with van der Waals surface area (Å²) < 4.78 is 7.29. The molecule has 0 spiro atoms. The predicted octanol–water partition coefficient (Wildman–Crippen LogP) is 2.43. The van der Waals surface area contributed by atoms with Crippen molar-refractivity contribution >= 4 is 5.69 Å². The Kier molecular flexibility index (Phi) is 4.12. The molecule has 1 aromatic heterocycles. The minimum atomic E-state index is -0.371. The van der Waals surface area contributed by atoms with Gasteiger partial charge in [0.15, 0.2) is 5.75 Å². The predicted molar refractivity (Wildman–Crippen MR) is 70.2 cm³/mol. The van der Waals surface area contributed by atoms with Gasteiger partial charge in [0.25, 0.3) is 5.69 Å². The molecule has 0 saturated carbocycles. The molecular formula is C13H15N3O3. The van der Waals surface area contributed by atoms with Gasteiger partial charge in [0.05, 0.1) is 23.9 Å². The molecule has 6 heteroatoms. The minimum Gasteiger partial charge on any atom is -0.490 e. The zero-order valence-corrected chi connectivity index (χ0v) is 10.7.